The van der Waals surface area contributed by atoms with Crippen LogP contribution in [-0.2, 0) is 9.59 Å². The van der Waals surface area contributed by atoms with Crippen LogP contribution >= 0.6 is 12.2 Å². The number of likely N-dealkylation sites (N-methyl/N-ethyl adjacent to an activating group) is 1. The van der Waals surface area contributed by atoms with Gasteiger partial charge in [-0.3, -0.25) is 19.8 Å². The number of hydrogen-bond donors (Lipinski definition) is 1. The predicted octanol–water partition coefficient (Wildman–Crippen LogP) is 4.02. The van der Waals surface area contributed by atoms with Crippen molar-refractivity contribution in [3.05, 3.63) is 83.2 Å². The highest BCUT2D eigenvalue weighted by Gasteiger charge is 2.31. The zero-order valence-corrected chi connectivity index (χ0v) is 17.8. The first-order valence-corrected chi connectivity index (χ1v) is 9.97. The van der Waals surface area contributed by atoms with Crippen molar-refractivity contribution in [3.63, 3.8) is 0 Å². The van der Waals surface area contributed by atoms with E-state index in [4.69, 9.17) is 12.2 Å². The number of nitrogens with zero attached hydrogens (tertiary/aromatic N) is 2. The standard InChI is InChI=1S/C24H21N3O2S/c1-15-13-19(14-21-22(28)25-24(30)26(3)23(21)29)16(2)27(15)20-11-9-18(10-12-20)17-7-5-4-6-8-17/h4-14H,1-3H3,(H,25,28,30). The average molecular weight is 416 g/mol. The zero-order valence-electron chi connectivity index (χ0n) is 17.0. The maximum atomic E-state index is 12.5. The largest absolute Gasteiger partial charge is 0.318 e. The number of rotatable bonds is 3. The number of carbonyl (C=O) groups is 2. The lowest BCUT2D eigenvalue weighted by Crippen LogP contribution is -2.52. The summed E-state index contributed by atoms with van der Waals surface area (Å²) in [6.45, 7) is 3.98. The summed E-state index contributed by atoms with van der Waals surface area (Å²) in [5.41, 5.74) is 6.19. The van der Waals surface area contributed by atoms with E-state index in [2.05, 4.69) is 46.3 Å². The number of nitrogens with one attached hydrogen (secondary N) is 1. The maximum Gasteiger partial charge on any atom is 0.265 e. The Morgan fingerprint density at radius 3 is 2.23 bits per heavy atom. The van der Waals surface area contributed by atoms with E-state index in [1.165, 1.54) is 10.5 Å². The molecule has 0 saturated carbocycles. The summed E-state index contributed by atoms with van der Waals surface area (Å²) in [5, 5.41) is 2.66. The molecule has 1 fully saturated rings. The lowest BCUT2D eigenvalue weighted by Gasteiger charge is -2.25. The van der Waals surface area contributed by atoms with Crippen LogP contribution in [0.5, 0.6) is 0 Å². The van der Waals surface area contributed by atoms with Gasteiger partial charge in [0.15, 0.2) is 5.11 Å². The minimum Gasteiger partial charge on any atom is -0.318 e. The van der Waals surface area contributed by atoms with Crippen LogP contribution in [0.4, 0.5) is 0 Å². The van der Waals surface area contributed by atoms with Gasteiger partial charge in [-0.05, 0) is 67.0 Å². The Morgan fingerprint density at radius 2 is 1.57 bits per heavy atom. The second-order valence-electron chi connectivity index (χ2n) is 7.26. The van der Waals surface area contributed by atoms with Crippen molar-refractivity contribution < 1.29 is 9.59 Å². The number of amides is 2. The number of hydrogen-bond acceptors (Lipinski definition) is 3. The van der Waals surface area contributed by atoms with E-state index in [0.717, 1.165) is 28.2 Å². The van der Waals surface area contributed by atoms with Crippen molar-refractivity contribution in [3.8, 4) is 16.8 Å². The highest BCUT2D eigenvalue weighted by atomic mass is 32.1. The van der Waals surface area contributed by atoms with Crippen molar-refractivity contribution in [2.45, 2.75) is 13.8 Å². The summed E-state index contributed by atoms with van der Waals surface area (Å²) in [6, 6.07) is 20.5. The molecule has 2 aromatic carbocycles. The summed E-state index contributed by atoms with van der Waals surface area (Å²) in [6.07, 6.45) is 1.63. The van der Waals surface area contributed by atoms with Crippen LogP contribution in [0.1, 0.15) is 17.0 Å². The quantitative estimate of drug-likeness (QED) is 0.399. The van der Waals surface area contributed by atoms with Crippen LogP contribution in [-0.4, -0.2) is 33.4 Å². The highest BCUT2D eigenvalue weighted by molar-refractivity contribution is 7.80. The fourth-order valence-corrected chi connectivity index (χ4v) is 3.84. The Kier molecular flexibility index (Phi) is 5.10. The first-order valence-electron chi connectivity index (χ1n) is 9.56. The molecule has 0 unspecified atom stereocenters. The molecule has 4 rings (SSSR count). The van der Waals surface area contributed by atoms with E-state index in [-0.39, 0.29) is 10.7 Å². The second kappa shape index (κ2) is 7.72. The van der Waals surface area contributed by atoms with Gasteiger partial charge in [-0.25, -0.2) is 0 Å². The Morgan fingerprint density at radius 1 is 0.933 bits per heavy atom. The Balaban J connectivity index is 1.70. The van der Waals surface area contributed by atoms with Gasteiger partial charge in [-0.15, -0.1) is 0 Å². The molecule has 3 aromatic rings. The highest BCUT2D eigenvalue weighted by Crippen LogP contribution is 2.26. The Bertz CT molecular complexity index is 1190. The van der Waals surface area contributed by atoms with E-state index >= 15 is 0 Å². The molecule has 1 saturated heterocycles. The van der Waals surface area contributed by atoms with Crippen LogP contribution in [0.2, 0.25) is 0 Å². The van der Waals surface area contributed by atoms with Gasteiger partial charge in [0.25, 0.3) is 11.8 Å². The van der Waals surface area contributed by atoms with Crippen LogP contribution in [0.3, 0.4) is 0 Å². The lowest BCUT2D eigenvalue weighted by molar-refractivity contribution is -0.128. The molecule has 1 aliphatic heterocycles. The van der Waals surface area contributed by atoms with Crippen molar-refractivity contribution in [2.75, 3.05) is 7.05 Å². The normalized spacial score (nSPS) is 15.6. The molecule has 0 atom stereocenters. The number of thiocarbonyl (C=S) groups is 1. The van der Waals surface area contributed by atoms with E-state index in [1.807, 2.05) is 38.1 Å². The summed E-state index contributed by atoms with van der Waals surface area (Å²) >= 11 is 5.00. The summed E-state index contributed by atoms with van der Waals surface area (Å²) < 4.78 is 2.11. The molecule has 30 heavy (non-hydrogen) atoms. The first kappa shape index (κ1) is 19.8. The van der Waals surface area contributed by atoms with Crippen molar-refractivity contribution >= 4 is 35.2 Å². The van der Waals surface area contributed by atoms with E-state index in [0.29, 0.717) is 0 Å². The molecule has 5 nitrogen and oxygen atoms in total. The summed E-state index contributed by atoms with van der Waals surface area (Å²) in [4.78, 5) is 26.1. The van der Waals surface area contributed by atoms with Crippen LogP contribution in [0, 0.1) is 13.8 Å². The first-order chi connectivity index (χ1) is 14.4. The smallest absolute Gasteiger partial charge is 0.265 e. The molecule has 0 bridgehead atoms. The fourth-order valence-electron chi connectivity index (χ4n) is 3.67. The number of aromatic nitrogens is 1. The van der Waals surface area contributed by atoms with Gasteiger partial charge in [-0.1, -0.05) is 42.5 Å². The van der Waals surface area contributed by atoms with Crippen molar-refractivity contribution in [1.82, 2.24) is 14.8 Å². The molecule has 1 aliphatic rings. The topological polar surface area (TPSA) is 54.3 Å². The molecule has 0 radical (unpaired) electrons. The van der Waals surface area contributed by atoms with Gasteiger partial charge in [-0.2, -0.15) is 0 Å². The third kappa shape index (κ3) is 3.46. The second-order valence-corrected chi connectivity index (χ2v) is 7.64. The summed E-state index contributed by atoms with van der Waals surface area (Å²) in [5.74, 6) is -0.874. The Labute approximate surface area is 180 Å². The molecular weight excluding hydrogens is 394 g/mol. The monoisotopic (exact) mass is 415 g/mol. The molecule has 150 valence electrons. The zero-order chi connectivity index (χ0) is 21.4. The molecule has 0 spiro atoms. The van der Waals surface area contributed by atoms with E-state index in [1.54, 1.807) is 13.1 Å². The molecule has 1 N–H and O–H groups in total. The molecule has 0 aliphatic carbocycles. The van der Waals surface area contributed by atoms with Gasteiger partial charge in [0.05, 0.1) is 0 Å². The molecule has 2 amide bonds. The lowest BCUT2D eigenvalue weighted by atomic mass is 10.1. The van der Waals surface area contributed by atoms with Gasteiger partial charge in [0, 0.05) is 24.1 Å². The van der Waals surface area contributed by atoms with Crippen molar-refractivity contribution in [1.29, 1.82) is 0 Å². The third-order valence-electron chi connectivity index (χ3n) is 5.31. The third-order valence-corrected chi connectivity index (χ3v) is 5.68. The number of carbonyl (C=O) groups excluding carboxylic acids is 2. The molecule has 1 aromatic heterocycles. The SMILES string of the molecule is Cc1cc(C=C2C(=O)NC(=S)N(C)C2=O)c(C)n1-c1ccc(-c2ccccc2)cc1. The number of benzene rings is 2. The van der Waals surface area contributed by atoms with Gasteiger partial charge < -0.3 is 4.57 Å². The van der Waals surface area contributed by atoms with E-state index in [9.17, 15) is 9.59 Å². The van der Waals surface area contributed by atoms with Crippen molar-refractivity contribution in [2.24, 2.45) is 0 Å². The fraction of sp³-hybridized carbons (Fsp3) is 0.125. The van der Waals surface area contributed by atoms with Crippen LogP contribution in [0.15, 0.2) is 66.2 Å². The molecule has 2 heterocycles. The van der Waals surface area contributed by atoms with E-state index < -0.39 is 11.8 Å². The molecular formula is C24H21N3O2S. The van der Waals surface area contributed by atoms with Gasteiger partial charge in [0.2, 0.25) is 0 Å². The summed E-state index contributed by atoms with van der Waals surface area (Å²) in [7, 11) is 1.55. The van der Waals surface area contributed by atoms with Gasteiger partial charge in [0.1, 0.15) is 5.57 Å². The van der Waals surface area contributed by atoms with Crippen LogP contribution in [0.25, 0.3) is 22.9 Å². The van der Waals surface area contributed by atoms with Crippen LogP contribution < -0.4 is 5.32 Å². The minimum absolute atomic E-state index is 0.0748. The maximum absolute atomic E-state index is 12.5. The Hall–Kier alpha value is -3.51. The minimum atomic E-state index is -0.472. The average Bonchev–Trinajstić information content (AvgIpc) is 3.03. The number of aryl methyl sites for hydroxylation is 1. The van der Waals surface area contributed by atoms with Gasteiger partial charge >= 0.3 is 0 Å². The predicted molar refractivity (Wildman–Crippen MR) is 122 cm³/mol. The molecule has 6 heteroatoms.